The Balaban J connectivity index is 0.000000234. The molecule has 1 aromatic carbocycles. The molecule has 1 saturated carbocycles. The van der Waals surface area contributed by atoms with Gasteiger partial charge in [0.15, 0.2) is 0 Å². The van der Waals surface area contributed by atoms with Crippen molar-refractivity contribution in [3.63, 3.8) is 0 Å². The van der Waals surface area contributed by atoms with Gasteiger partial charge in [-0.15, -0.1) is 6.42 Å². The van der Waals surface area contributed by atoms with Gasteiger partial charge in [0.05, 0.1) is 5.92 Å². The molecular formula is C31H43IN+. The minimum atomic E-state index is 0.325. The summed E-state index contributed by atoms with van der Waals surface area (Å²) in [7, 11) is 1.81. The summed E-state index contributed by atoms with van der Waals surface area (Å²) >= 11 is 2.49. The number of allylic oxidation sites excluding steroid dienone is 4. The molecule has 2 heteroatoms. The Morgan fingerprint density at radius 3 is 2.36 bits per heavy atom. The molecule has 0 N–H and O–H groups in total. The summed E-state index contributed by atoms with van der Waals surface area (Å²) in [6.45, 7) is 6.90. The van der Waals surface area contributed by atoms with E-state index in [1.54, 1.807) is 0 Å². The first kappa shape index (κ1) is 27.7. The van der Waals surface area contributed by atoms with E-state index >= 15 is 0 Å². The third-order valence-electron chi connectivity index (χ3n) is 7.39. The summed E-state index contributed by atoms with van der Waals surface area (Å²) in [6, 6.07) is 13.9. The summed E-state index contributed by atoms with van der Waals surface area (Å²) in [4.78, 5) is 4.11. The third kappa shape index (κ3) is 8.03. The van der Waals surface area contributed by atoms with Crippen LogP contribution >= 0.6 is 22.6 Å². The van der Waals surface area contributed by atoms with E-state index in [0.29, 0.717) is 23.2 Å². The fourth-order valence-corrected chi connectivity index (χ4v) is 6.25. The quantitative estimate of drug-likeness (QED) is 0.233. The maximum atomic E-state index is 5.86. The number of terminal acetylenes is 1. The van der Waals surface area contributed by atoms with Gasteiger partial charge in [-0.2, -0.15) is 0 Å². The molecule has 3 rings (SSSR count). The Morgan fingerprint density at radius 1 is 1.12 bits per heavy atom. The lowest BCUT2D eigenvalue weighted by molar-refractivity contribution is 0.176. The standard InChI is InChI=1S/C16H21I.C15H22N/c1-3-14(13-9-5-6-10-15(13)17)16(2)11-7-4-8-12-16;1-4-9-13(5-2)15(12-16-3)14-10-7-6-8-11-14/h1,5,9,14H,4,6-8,10-12H2,2H3;6-8,10-11,13,15H,4-5,9H2,1-3H3/q;+1. The molecule has 0 heterocycles. The van der Waals surface area contributed by atoms with Crippen molar-refractivity contribution in [2.45, 2.75) is 90.9 Å². The summed E-state index contributed by atoms with van der Waals surface area (Å²) < 4.78 is 1.49. The van der Waals surface area contributed by atoms with Gasteiger partial charge in [0.25, 0.3) is 13.1 Å². The molecule has 1 nitrogen and oxygen atoms in total. The van der Waals surface area contributed by atoms with Crippen LogP contribution in [0.3, 0.4) is 0 Å². The van der Waals surface area contributed by atoms with Crippen molar-refractivity contribution in [2.75, 3.05) is 7.05 Å². The Bertz CT molecular complexity index is 871. The van der Waals surface area contributed by atoms with Gasteiger partial charge in [-0.3, -0.25) is 0 Å². The molecule has 0 bridgehead atoms. The molecular weight excluding hydrogens is 513 g/mol. The summed E-state index contributed by atoms with van der Waals surface area (Å²) in [5.74, 6) is 4.44. The molecule has 0 aliphatic heterocycles. The van der Waals surface area contributed by atoms with Crippen molar-refractivity contribution in [2.24, 2.45) is 17.3 Å². The van der Waals surface area contributed by atoms with Gasteiger partial charge in [-0.25, -0.2) is 0 Å². The van der Waals surface area contributed by atoms with Crippen LogP contribution in [0, 0.1) is 35.7 Å². The Hall–Kier alpha value is -1.52. The van der Waals surface area contributed by atoms with Gasteiger partial charge in [0.1, 0.15) is 5.92 Å². The average molecular weight is 557 g/mol. The molecule has 0 radical (unpaired) electrons. The third-order valence-corrected chi connectivity index (χ3v) is 8.56. The van der Waals surface area contributed by atoms with E-state index in [2.05, 4.69) is 103 Å². The molecule has 33 heavy (non-hydrogen) atoms. The first-order valence-corrected chi connectivity index (χ1v) is 14.0. The fraction of sp³-hybridized carbons (Fsp3) is 0.581. The van der Waals surface area contributed by atoms with Crippen molar-refractivity contribution < 1.29 is 0 Å². The minimum Gasteiger partial charge on any atom is -0.119 e. The molecule has 0 saturated heterocycles. The molecule has 178 valence electrons. The molecule has 0 amide bonds. The smallest absolute Gasteiger partial charge is 0.119 e. The number of benzene rings is 1. The van der Waals surface area contributed by atoms with Gasteiger partial charge in [0.2, 0.25) is 0 Å². The minimum absolute atomic E-state index is 0.325. The van der Waals surface area contributed by atoms with Crippen molar-refractivity contribution in [3.05, 3.63) is 62.0 Å². The number of nitrogens with zero attached hydrogens (tertiary/aromatic N) is 1. The van der Waals surface area contributed by atoms with E-state index in [-0.39, 0.29) is 0 Å². The van der Waals surface area contributed by atoms with E-state index in [4.69, 9.17) is 6.42 Å². The fourth-order valence-electron chi connectivity index (χ4n) is 5.45. The van der Waals surface area contributed by atoms with Crippen LogP contribution in [-0.4, -0.2) is 7.05 Å². The highest BCUT2D eigenvalue weighted by Crippen LogP contribution is 2.47. The second kappa shape index (κ2) is 14.7. The van der Waals surface area contributed by atoms with Crippen LogP contribution < -0.4 is 0 Å². The van der Waals surface area contributed by atoms with Crippen molar-refractivity contribution >= 4 is 22.6 Å². The highest BCUT2D eigenvalue weighted by molar-refractivity contribution is 14.1. The second-order valence-electron chi connectivity index (χ2n) is 9.81. The molecule has 2 aliphatic rings. The topological polar surface area (TPSA) is 4.36 Å². The first-order chi connectivity index (χ1) is 16.0. The van der Waals surface area contributed by atoms with Crippen LogP contribution in [0.25, 0.3) is 4.85 Å². The predicted octanol–water partition coefficient (Wildman–Crippen LogP) is 9.80. The summed E-state index contributed by atoms with van der Waals surface area (Å²) in [5, 5.41) is 0. The molecule has 0 spiro atoms. The second-order valence-corrected chi connectivity index (χ2v) is 11.1. The van der Waals surface area contributed by atoms with E-state index in [0.717, 1.165) is 0 Å². The van der Waals surface area contributed by atoms with Gasteiger partial charge in [-0.1, -0.05) is 106 Å². The zero-order valence-electron chi connectivity index (χ0n) is 21.2. The van der Waals surface area contributed by atoms with E-state index < -0.39 is 0 Å². The maximum absolute atomic E-state index is 5.86. The largest absolute Gasteiger partial charge is 0.281 e. The zero-order chi connectivity index (χ0) is 24.1. The monoisotopic (exact) mass is 556 g/mol. The molecule has 0 aromatic heterocycles. The van der Waals surface area contributed by atoms with Crippen LogP contribution in [0.4, 0.5) is 0 Å². The van der Waals surface area contributed by atoms with Crippen LogP contribution in [0.5, 0.6) is 0 Å². The molecule has 3 unspecified atom stereocenters. The molecule has 3 atom stereocenters. The number of rotatable bonds is 7. The zero-order valence-corrected chi connectivity index (χ0v) is 23.4. The van der Waals surface area contributed by atoms with Crippen LogP contribution in [0.15, 0.2) is 51.6 Å². The highest BCUT2D eigenvalue weighted by atomic mass is 127. The maximum Gasteiger partial charge on any atom is 0.281 e. The number of halogens is 1. The van der Waals surface area contributed by atoms with Crippen molar-refractivity contribution in [3.8, 4) is 18.4 Å². The van der Waals surface area contributed by atoms with Crippen molar-refractivity contribution in [1.82, 2.24) is 0 Å². The van der Waals surface area contributed by atoms with Gasteiger partial charge in [-0.05, 0) is 80.7 Å². The summed E-state index contributed by atoms with van der Waals surface area (Å²) in [5.41, 5.74) is 3.11. The molecule has 1 fully saturated rings. The lowest BCUT2D eigenvalue weighted by Gasteiger charge is -2.39. The lowest BCUT2D eigenvalue weighted by Crippen LogP contribution is -2.30. The van der Waals surface area contributed by atoms with E-state index in [1.165, 1.54) is 78.9 Å². The molecule has 2 aliphatic carbocycles. The lowest BCUT2D eigenvalue weighted by atomic mass is 9.64. The van der Waals surface area contributed by atoms with Gasteiger partial charge in [0, 0.05) is 0 Å². The van der Waals surface area contributed by atoms with E-state index in [9.17, 15) is 0 Å². The predicted molar refractivity (Wildman–Crippen MR) is 154 cm³/mol. The van der Waals surface area contributed by atoms with Gasteiger partial charge < -0.3 is 0 Å². The molecule has 1 aromatic rings. The first-order valence-electron chi connectivity index (χ1n) is 12.9. The normalized spacial score (nSPS) is 19.8. The Kier molecular flexibility index (Phi) is 12.3. The average Bonchev–Trinajstić information content (AvgIpc) is 2.84. The number of hydrogen-bond donors (Lipinski definition) is 0. The Labute approximate surface area is 217 Å². The van der Waals surface area contributed by atoms with Crippen LogP contribution in [-0.2, 0) is 0 Å². The Morgan fingerprint density at radius 2 is 1.82 bits per heavy atom. The van der Waals surface area contributed by atoms with Crippen molar-refractivity contribution in [1.29, 1.82) is 0 Å². The highest BCUT2D eigenvalue weighted by Gasteiger charge is 2.36. The number of hydrogen-bond acceptors (Lipinski definition) is 0. The summed E-state index contributed by atoms with van der Waals surface area (Å²) in [6.07, 6.45) is 23.1. The van der Waals surface area contributed by atoms with Gasteiger partial charge >= 0.3 is 0 Å². The van der Waals surface area contributed by atoms with Crippen LogP contribution in [0.2, 0.25) is 0 Å². The van der Waals surface area contributed by atoms with Crippen LogP contribution in [0.1, 0.15) is 96.5 Å². The van der Waals surface area contributed by atoms with E-state index in [1.807, 2.05) is 7.05 Å². The SMILES string of the molecule is C#CC(C1=C(I)CCC=C1)C1(C)CCCCC1.CCCC(CC)C(C#[N+]C)c1ccccc1.